The van der Waals surface area contributed by atoms with Gasteiger partial charge in [-0.15, -0.1) is 0 Å². The van der Waals surface area contributed by atoms with Crippen LogP contribution in [0.4, 0.5) is 0 Å². The number of methoxy groups -OCH3 is 2. The molecule has 2 aromatic heterocycles. The first-order chi connectivity index (χ1) is 20.4. The SMILES string of the molecule is COc1cc(OC)cc(-n2ccc3c(=O)n(CC4(O)CCN(C(=O)[C@@H]5CCNC[C@H]5c5ccccc5)CC4)cnc32)c1. The zero-order valence-corrected chi connectivity index (χ0v) is 24.0. The fourth-order valence-corrected chi connectivity index (χ4v) is 6.36. The number of nitrogens with one attached hydrogen (secondary N) is 1. The minimum absolute atomic E-state index is 0.0809. The number of aromatic nitrogens is 3. The molecule has 2 saturated heterocycles. The largest absolute Gasteiger partial charge is 0.497 e. The normalized spacial score (nSPS) is 20.4. The fraction of sp³-hybridized carbons (Fsp3) is 0.406. The van der Waals surface area contributed by atoms with Crippen molar-refractivity contribution in [2.75, 3.05) is 40.4 Å². The Morgan fingerprint density at radius 1 is 1.07 bits per heavy atom. The maximum absolute atomic E-state index is 13.6. The number of piperidine rings is 2. The zero-order valence-electron chi connectivity index (χ0n) is 24.0. The van der Waals surface area contributed by atoms with Gasteiger partial charge in [-0.25, -0.2) is 4.98 Å². The van der Waals surface area contributed by atoms with Gasteiger partial charge < -0.3 is 29.4 Å². The summed E-state index contributed by atoms with van der Waals surface area (Å²) in [6.07, 6.45) is 4.87. The van der Waals surface area contributed by atoms with E-state index in [1.54, 1.807) is 32.5 Å². The second-order valence-corrected chi connectivity index (χ2v) is 11.3. The Morgan fingerprint density at radius 3 is 2.48 bits per heavy atom. The molecule has 2 fully saturated rings. The first kappa shape index (κ1) is 28.0. The average molecular weight is 572 g/mol. The van der Waals surface area contributed by atoms with E-state index in [0.717, 1.165) is 25.2 Å². The molecule has 220 valence electrons. The molecule has 0 aliphatic carbocycles. The lowest BCUT2D eigenvalue weighted by molar-refractivity contribution is -0.141. The number of aliphatic hydroxyl groups is 1. The number of amides is 1. The number of hydrogen-bond acceptors (Lipinski definition) is 7. The highest BCUT2D eigenvalue weighted by molar-refractivity contribution is 5.80. The van der Waals surface area contributed by atoms with Crippen molar-refractivity contribution >= 4 is 16.9 Å². The molecule has 2 N–H and O–H groups in total. The summed E-state index contributed by atoms with van der Waals surface area (Å²) in [5.74, 6) is 1.46. The summed E-state index contributed by atoms with van der Waals surface area (Å²) in [5.41, 5.74) is 1.11. The van der Waals surface area contributed by atoms with Crippen molar-refractivity contribution < 1.29 is 19.4 Å². The maximum atomic E-state index is 13.6. The molecule has 2 atom stereocenters. The van der Waals surface area contributed by atoms with Crippen molar-refractivity contribution in [3.8, 4) is 17.2 Å². The van der Waals surface area contributed by atoms with Crippen molar-refractivity contribution in [3.05, 3.63) is 83.0 Å². The molecule has 42 heavy (non-hydrogen) atoms. The summed E-state index contributed by atoms with van der Waals surface area (Å²) in [5, 5.41) is 15.4. The molecule has 0 unspecified atom stereocenters. The van der Waals surface area contributed by atoms with Gasteiger partial charge in [0.05, 0.1) is 37.4 Å². The number of ether oxygens (including phenoxy) is 2. The highest BCUT2D eigenvalue weighted by Crippen LogP contribution is 2.33. The van der Waals surface area contributed by atoms with Crippen molar-refractivity contribution in [1.82, 2.24) is 24.3 Å². The molecule has 2 aliphatic rings. The summed E-state index contributed by atoms with van der Waals surface area (Å²) in [7, 11) is 3.17. The molecule has 0 spiro atoms. The van der Waals surface area contributed by atoms with Gasteiger partial charge in [0.25, 0.3) is 5.56 Å². The number of benzene rings is 2. The Kier molecular flexibility index (Phi) is 7.74. The summed E-state index contributed by atoms with van der Waals surface area (Å²) in [4.78, 5) is 33.6. The van der Waals surface area contributed by atoms with Crippen molar-refractivity contribution in [1.29, 1.82) is 0 Å². The third-order valence-electron chi connectivity index (χ3n) is 8.78. The number of hydrogen-bond donors (Lipinski definition) is 2. The average Bonchev–Trinajstić information content (AvgIpc) is 3.47. The summed E-state index contributed by atoms with van der Waals surface area (Å²) >= 11 is 0. The third kappa shape index (κ3) is 5.39. The Balaban J connectivity index is 1.16. The first-order valence-corrected chi connectivity index (χ1v) is 14.5. The van der Waals surface area contributed by atoms with E-state index in [9.17, 15) is 14.7 Å². The van der Waals surface area contributed by atoms with Crippen molar-refractivity contribution in [3.63, 3.8) is 0 Å². The second kappa shape index (κ2) is 11.6. The number of fused-ring (bicyclic) bond motifs is 1. The van der Waals surface area contributed by atoms with Gasteiger partial charge in [-0.3, -0.25) is 14.2 Å². The zero-order chi connectivity index (χ0) is 29.3. The second-order valence-electron chi connectivity index (χ2n) is 11.3. The van der Waals surface area contributed by atoms with E-state index in [-0.39, 0.29) is 29.8 Å². The molecule has 6 rings (SSSR count). The van der Waals surface area contributed by atoms with Gasteiger partial charge in [-0.05, 0) is 37.4 Å². The Bertz CT molecular complexity index is 1600. The molecule has 2 aromatic carbocycles. The summed E-state index contributed by atoms with van der Waals surface area (Å²) < 4.78 is 14.1. The van der Waals surface area contributed by atoms with Gasteiger partial charge in [0.15, 0.2) is 5.65 Å². The maximum Gasteiger partial charge on any atom is 0.262 e. The molecule has 10 nitrogen and oxygen atoms in total. The van der Waals surface area contributed by atoms with Crippen LogP contribution >= 0.6 is 0 Å². The van der Waals surface area contributed by atoms with Crippen molar-refractivity contribution in [2.24, 2.45) is 5.92 Å². The highest BCUT2D eigenvalue weighted by Gasteiger charge is 2.39. The van der Waals surface area contributed by atoms with Gasteiger partial charge in [-0.1, -0.05) is 30.3 Å². The van der Waals surface area contributed by atoms with E-state index in [0.29, 0.717) is 48.5 Å². The summed E-state index contributed by atoms with van der Waals surface area (Å²) in [6.45, 7) is 2.64. The Labute approximate surface area is 244 Å². The molecule has 2 aliphatic heterocycles. The van der Waals surface area contributed by atoms with Crippen LogP contribution in [0.5, 0.6) is 11.5 Å². The lowest BCUT2D eigenvalue weighted by Gasteiger charge is -2.41. The van der Waals surface area contributed by atoms with Gasteiger partial charge in [0, 0.05) is 55.9 Å². The molecule has 4 heterocycles. The molecular formula is C32H37N5O5. The Hall–Kier alpha value is -4.15. The van der Waals surface area contributed by atoms with Crippen LogP contribution in [0.2, 0.25) is 0 Å². The summed E-state index contributed by atoms with van der Waals surface area (Å²) in [6, 6.07) is 17.4. The smallest absolute Gasteiger partial charge is 0.262 e. The predicted octanol–water partition coefficient (Wildman–Crippen LogP) is 2.95. The molecule has 1 amide bonds. The molecular weight excluding hydrogens is 534 g/mol. The van der Waals surface area contributed by atoms with Crippen LogP contribution in [0.3, 0.4) is 0 Å². The first-order valence-electron chi connectivity index (χ1n) is 14.5. The molecule has 10 heteroatoms. The van der Waals surface area contributed by atoms with E-state index in [1.807, 2.05) is 39.8 Å². The number of rotatable bonds is 7. The predicted molar refractivity (Wildman–Crippen MR) is 159 cm³/mol. The van der Waals surface area contributed by atoms with E-state index in [1.165, 1.54) is 16.5 Å². The topological polar surface area (TPSA) is 111 Å². The van der Waals surface area contributed by atoms with Crippen LogP contribution < -0.4 is 20.3 Å². The van der Waals surface area contributed by atoms with E-state index in [4.69, 9.17) is 9.47 Å². The Morgan fingerprint density at radius 2 is 1.79 bits per heavy atom. The van der Waals surface area contributed by atoms with Crippen LogP contribution in [-0.2, 0) is 11.3 Å². The number of carbonyl (C=O) groups is 1. The van der Waals surface area contributed by atoms with Crippen LogP contribution in [0.1, 0.15) is 30.7 Å². The quantitative estimate of drug-likeness (QED) is 0.351. The van der Waals surface area contributed by atoms with E-state index in [2.05, 4.69) is 22.4 Å². The van der Waals surface area contributed by atoms with E-state index >= 15 is 0 Å². The fourth-order valence-electron chi connectivity index (χ4n) is 6.36. The van der Waals surface area contributed by atoms with Gasteiger partial charge >= 0.3 is 0 Å². The van der Waals surface area contributed by atoms with Gasteiger partial charge in [-0.2, -0.15) is 0 Å². The lowest BCUT2D eigenvalue weighted by Crippen LogP contribution is -2.52. The van der Waals surface area contributed by atoms with Crippen LogP contribution in [0.25, 0.3) is 16.7 Å². The minimum Gasteiger partial charge on any atom is -0.497 e. The number of nitrogens with zero attached hydrogens (tertiary/aromatic N) is 4. The molecule has 0 bridgehead atoms. The minimum atomic E-state index is -1.11. The number of carbonyl (C=O) groups excluding carboxylic acids is 1. The molecule has 4 aromatic rings. The van der Waals surface area contributed by atoms with Crippen LogP contribution in [0.15, 0.2) is 71.9 Å². The standard InChI is InChI=1S/C32H37N5O5/c1-41-24-16-23(17-25(18-24)42-2)37-13-9-27-29(37)34-21-36(31(27)39)20-32(40)10-14-35(15-11-32)30(38)26-8-12-33-19-28(26)22-6-4-3-5-7-22/h3-7,9,13,16-18,21,26,28,33,40H,8,10-12,14-15,19-20H2,1-2H3/t26-,28+/m1/s1. The lowest BCUT2D eigenvalue weighted by atomic mass is 9.80. The third-order valence-corrected chi connectivity index (χ3v) is 8.78. The van der Waals surface area contributed by atoms with Crippen LogP contribution in [-0.4, -0.2) is 76.0 Å². The number of likely N-dealkylation sites (tertiary alicyclic amines) is 1. The molecule has 0 radical (unpaired) electrons. The van der Waals surface area contributed by atoms with Gasteiger partial charge in [0.1, 0.15) is 17.8 Å². The van der Waals surface area contributed by atoms with Crippen LogP contribution in [0, 0.1) is 5.92 Å². The van der Waals surface area contributed by atoms with Gasteiger partial charge in [0.2, 0.25) is 5.91 Å². The molecule has 0 saturated carbocycles. The monoisotopic (exact) mass is 571 g/mol. The van der Waals surface area contributed by atoms with E-state index < -0.39 is 5.60 Å². The van der Waals surface area contributed by atoms with Crippen molar-refractivity contribution in [2.45, 2.75) is 37.3 Å². The highest BCUT2D eigenvalue weighted by atomic mass is 16.5.